The summed E-state index contributed by atoms with van der Waals surface area (Å²) >= 11 is 0. The van der Waals surface area contributed by atoms with Crippen LogP contribution in [-0.4, -0.2) is 53.0 Å². The van der Waals surface area contributed by atoms with Gasteiger partial charge in [-0.05, 0) is 112 Å². The maximum Gasteiger partial charge on any atom is 0.272 e. The zero-order valence-electron chi connectivity index (χ0n) is 27.3. The lowest BCUT2D eigenvalue weighted by atomic mass is 9.82. The lowest BCUT2D eigenvalue weighted by Crippen LogP contribution is -2.32. The number of nitrogens with zero attached hydrogens (tertiary/aromatic N) is 2. The summed E-state index contributed by atoms with van der Waals surface area (Å²) in [5, 5.41) is 14.1. The number of para-hydroxylation sites is 1. The number of aliphatic hydroxyl groups excluding tert-OH is 1. The minimum Gasteiger partial charge on any atom is -0.494 e. The molecule has 1 aliphatic carbocycles. The molecule has 1 unspecified atom stereocenters. The molecule has 1 aromatic heterocycles. The number of rotatable bonds is 9. The van der Waals surface area contributed by atoms with Gasteiger partial charge >= 0.3 is 0 Å². The van der Waals surface area contributed by atoms with Crippen LogP contribution in [-0.2, 0) is 30.3 Å². The number of methoxy groups -OCH3 is 1. The van der Waals surface area contributed by atoms with Crippen LogP contribution < -0.4 is 10.1 Å². The summed E-state index contributed by atoms with van der Waals surface area (Å²) in [4.78, 5) is 28.6. The van der Waals surface area contributed by atoms with Crippen molar-refractivity contribution in [2.24, 2.45) is 13.0 Å². The average Bonchev–Trinajstić information content (AvgIpc) is 3.58. The Kier molecular flexibility index (Phi) is 9.66. The molecule has 2 heterocycles. The minimum atomic E-state index is -0.215. The predicted octanol–water partition coefficient (Wildman–Crippen LogP) is 6.94. The Morgan fingerprint density at radius 1 is 1.07 bits per heavy atom. The third-order valence-electron chi connectivity index (χ3n) is 9.79. The van der Waals surface area contributed by atoms with Crippen LogP contribution in [0.2, 0.25) is 0 Å². The van der Waals surface area contributed by atoms with Gasteiger partial charge in [0, 0.05) is 18.0 Å². The third kappa shape index (κ3) is 6.79. The molecule has 7 heteroatoms. The highest BCUT2D eigenvalue weighted by atomic mass is 16.5. The summed E-state index contributed by atoms with van der Waals surface area (Å²) < 4.78 is 7.62. The van der Waals surface area contributed by atoms with Crippen LogP contribution >= 0.6 is 0 Å². The number of likely N-dealkylation sites (tertiary alicyclic amines) is 1. The molecule has 1 aliphatic heterocycles. The first-order chi connectivity index (χ1) is 21.0. The maximum atomic E-state index is 13.7. The summed E-state index contributed by atoms with van der Waals surface area (Å²) in [5.74, 6) is 1.20. The number of nitrogens with one attached hydrogen (secondary N) is 1. The number of aryl methyl sites for hydroxylation is 2. The number of ketones is 1. The van der Waals surface area contributed by atoms with Gasteiger partial charge in [0.2, 0.25) is 0 Å². The molecule has 2 aromatic carbocycles. The van der Waals surface area contributed by atoms with Crippen LogP contribution in [0.3, 0.4) is 0 Å². The number of aromatic nitrogens is 1. The van der Waals surface area contributed by atoms with Crippen LogP contribution in [0.25, 0.3) is 10.9 Å². The van der Waals surface area contributed by atoms with Crippen molar-refractivity contribution in [3.05, 3.63) is 70.4 Å². The van der Waals surface area contributed by atoms with Crippen molar-refractivity contribution < 1.29 is 19.4 Å². The first-order valence-electron chi connectivity index (χ1n) is 16.1. The van der Waals surface area contributed by atoms with Crippen LogP contribution in [0.1, 0.15) is 92.9 Å². The SMILES string of the molecule is COc1c(CO)cc(C(C)(C)C)cc1NC(=O)c1cc2cccc(CCC3CCC(=CC(=O)C4CCCN4C)CC3)c2n1C. The summed E-state index contributed by atoms with van der Waals surface area (Å²) in [7, 11) is 5.57. The molecule has 1 saturated carbocycles. The summed E-state index contributed by atoms with van der Waals surface area (Å²) in [6.45, 7) is 7.16. The molecule has 2 aliphatic rings. The van der Waals surface area contributed by atoms with Crippen molar-refractivity contribution in [1.29, 1.82) is 0 Å². The number of anilines is 1. The van der Waals surface area contributed by atoms with E-state index < -0.39 is 0 Å². The van der Waals surface area contributed by atoms with Crippen molar-refractivity contribution in [1.82, 2.24) is 9.47 Å². The Balaban J connectivity index is 1.28. The normalized spacial score (nSPS) is 19.4. The number of ether oxygens (including phenoxy) is 1. The number of amides is 1. The van der Waals surface area contributed by atoms with Gasteiger partial charge in [-0.2, -0.15) is 0 Å². The Bertz CT molecular complexity index is 1550. The number of likely N-dealkylation sites (N-methyl/N-ethyl adjacent to an activating group) is 1. The highest BCUT2D eigenvalue weighted by molar-refractivity contribution is 6.07. The monoisotopic (exact) mass is 599 g/mol. The summed E-state index contributed by atoms with van der Waals surface area (Å²) in [6, 6.07) is 12.2. The van der Waals surface area contributed by atoms with Gasteiger partial charge < -0.3 is 19.7 Å². The average molecular weight is 600 g/mol. The van der Waals surface area contributed by atoms with Crippen molar-refractivity contribution in [3.63, 3.8) is 0 Å². The molecular weight excluding hydrogens is 550 g/mol. The number of benzene rings is 2. The molecule has 1 atom stereocenters. The van der Waals surface area contributed by atoms with Crippen LogP contribution in [0.5, 0.6) is 5.75 Å². The van der Waals surface area contributed by atoms with Gasteiger partial charge in [0.15, 0.2) is 5.78 Å². The molecule has 0 radical (unpaired) electrons. The molecule has 2 N–H and O–H groups in total. The van der Waals surface area contributed by atoms with Crippen molar-refractivity contribution in [2.45, 2.75) is 90.2 Å². The van der Waals surface area contributed by atoms with E-state index in [4.69, 9.17) is 4.74 Å². The topological polar surface area (TPSA) is 83.8 Å². The number of hydrogen-bond acceptors (Lipinski definition) is 5. The van der Waals surface area contributed by atoms with Gasteiger partial charge in [-0.1, -0.05) is 44.5 Å². The molecule has 1 amide bonds. The van der Waals surface area contributed by atoms with E-state index >= 15 is 0 Å². The molecule has 7 nitrogen and oxygen atoms in total. The molecular formula is C37H49N3O4. The van der Waals surface area contributed by atoms with Crippen molar-refractivity contribution >= 4 is 28.3 Å². The largest absolute Gasteiger partial charge is 0.494 e. The fourth-order valence-electron chi connectivity index (χ4n) is 7.09. The van der Waals surface area contributed by atoms with E-state index in [0.717, 1.165) is 74.4 Å². The van der Waals surface area contributed by atoms with E-state index in [1.165, 1.54) is 11.1 Å². The summed E-state index contributed by atoms with van der Waals surface area (Å²) in [6.07, 6.45) is 10.4. The van der Waals surface area contributed by atoms with E-state index in [2.05, 4.69) is 56.2 Å². The lowest BCUT2D eigenvalue weighted by Gasteiger charge is -2.25. The molecule has 0 spiro atoms. The number of allylic oxidation sites excluding steroid dienone is 1. The molecule has 0 bridgehead atoms. The Hall–Kier alpha value is -3.42. The maximum absolute atomic E-state index is 13.7. The van der Waals surface area contributed by atoms with Crippen molar-refractivity contribution in [2.75, 3.05) is 26.0 Å². The molecule has 2 fully saturated rings. The van der Waals surface area contributed by atoms with Crippen LogP contribution in [0.15, 0.2) is 48.0 Å². The molecule has 236 valence electrons. The quantitative estimate of drug-likeness (QED) is 0.260. The van der Waals surface area contributed by atoms with Crippen molar-refractivity contribution in [3.8, 4) is 5.75 Å². The van der Waals surface area contributed by atoms with Gasteiger partial charge in [-0.3, -0.25) is 14.5 Å². The second-order valence-electron chi connectivity index (χ2n) is 13.8. The number of carbonyl (C=O) groups excluding carboxylic acids is 2. The second-order valence-corrected chi connectivity index (χ2v) is 13.8. The van der Waals surface area contributed by atoms with Crippen LogP contribution in [0.4, 0.5) is 5.69 Å². The number of fused-ring (bicyclic) bond motifs is 1. The number of hydrogen-bond donors (Lipinski definition) is 2. The highest BCUT2D eigenvalue weighted by Crippen LogP contribution is 2.37. The lowest BCUT2D eigenvalue weighted by molar-refractivity contribution is -0.118. The van der Waals surface area contributed by atoms with E-state index in [0.29, 0.717) is 34.4 Å². The Morgan fingerprint density at radius 3 is 2.45 bits per heavy atom. The van der Waals surface area contributed by atoms with Gasteiger partial charge in [0.25, 0.3) is 5.91 Å². The minimum absolute atomic E-state index is 0.0756. The van der Waals surface area contributed by atoms with Crippen LogP contribution in [0, 0.1) is 5.92 Å². The molecule has 44 heavy (non-hydrogen) atoms. The summed E-state index contributed by atoms with van der Waals surface area (Å²) in [5.41, 5.74) is 6.29. The van der Waals surface area contributed by atoms with Gasteiger partial charge in [-0.15, -0.1) is 0 Å². The van der Waals surface area contributed by atoms with E-state index in [-0.39, 0.29) is 24.0 Å². The fraction of sp³-hybridized carbons (Fsp3) is 0.514. The zero-order valence-corrected chi connectivity index (χ0v) is 27.3. The molecule has 3 aromatic rings. The third-order valence-corrected chi connectivity index (χ3v) is 9.79. The van der Waals surface area contributed by atoms with E-state index in [9.17, 15) is 14.7 Å². The molecule has 5 rings (SSSR count). The van der Waals surface area contributed by atoms with Gasteiger partial charge in [0.1, 0.15) is 11.4 Å². The Labute approximate surface area is 262 Å². The Morgan fingerprint density at radius 2 is 1.82 bits per heavy atom. The predicted molar refractivity (Wildman–Crippen MR) is 178 cm³/mol. The zero-order chi connectivity index (χ0) is 31.6. The standard InChI is InChI=1S/C37H49N3O4/c1-37(2,3)29-20-28(23-41)35(44-6)30(22-29)38-36(43)32-21-27-10-7-9-26(34(27)40(32)5)17-16-24-12-14-25(15-13-24)19-33(42)31-11-8-18-39(31)4/h7,9-10,19-22,24,31,41H,8,11-18,23H2,1-6H3,(H,38,43). The molecule has 1 saturated heterocycles. The van der Waals surface area contributed by atoms with E-state index in [1.807, 2.05) is 35.9 Å². The smallest absolute Gasteiger partial charge is 0.272 e. The first-order valence-corrected chi connectivity index (χ1v) is 16.1. The fourth-order valence-corrected chi connectivity index (χ4v) is 7.09. The highest BCUT2D eigenvalue weighted by Gasteiger charge is 2.27. The number of carbonyl (C=O) groups is 2. The van der Waals surface area contributed by atoms with E-state index in [1.54, 1.807) is 7.11 Å². The van der Waals surface area contributed by atoms with Gasteiger partial charge in [0.05, 0.1) is 31.0 Å². The number of aliphatic hydroxyl groups is 1. The second kappa shape index (κ2) is 13.3. The first kappa shape index (κ1) is 32.0. The van der Waals surface area contributed by atoms with Gasteiger partial charge in [-0.25, -0.2) is 0 Å².